The lowest BCUT2D eigenvalue weighted by molar-refractivity contribution is 0.333. The minimum atomic E-state index is 0.205. The SMILES string of the molecule is CCC(C)C([SiH3])(NC)C(C)Cl. The van der Waals surface area contributed by atoms with E-state index >= 15 is 0 Å². The van der Waals surface area contributed by atoms with Crippen molar-refractivity contribution in [3.63, 3.8) is 0 Å². The highest BCUT2D eigenvalue weighted by atomic mass is 35.5. The fourth-order valence-electron chi connectivity index (χ4n) is 1.26. The van der Waals surface area contributed by atoms with Gasteiger partial charge in [0.15, 0.2) is 0 Å². The molecule has 0 rings (SSSR count). The van der Waals surface area contributed by atoms with Gasteiger partial charge in [-0.15, -0.1) is 11.6 Å². The summed E-state index contributed by atoms with van der Waals surface area (Å²) in [4.78, 5) is 0. The second kappa shape index (κ2) is 4.48. The Kier molecular flexibility index (Phi) is 4.67. The van der Waals surface area contributed by atoms with E-state index in [1.165, 1.54) is 6.42 Å². The van der Waals surface area contributed by atoms with Crippen LogP contribution in [0.2, 0.25) is 0 Å². The van der Waals surface area contributed by atoms with Gasteiger partial charge in [0.2, 0.25) is 0 Å². The highest BCUT2D eigenvalue weighted by Crippen LogP contribution is 2.23. The normalized spacial score (nSPS) is 22.6. The Morgan fingerprint density at radius 2 is 2.00 bits per heavy atom. The first-order chi connectivity index (χ1) is 4.99. The highest BCUT2D eigenvalue weighted by Gasteiger charge is 2.32. The molecule has 3 unspecified atom stereocenters. The third-order valence-electron chi connectivity index (χ3n) is 3.00. The van der Waals surface area contributed by atoms with E-state index in [0.717, 1.165) is 10.2 Å². The molecule has 0 aliphatic rings. The summed E-state index contributed by atoms with van der Waals surface area (Å²) < 4.78 is 0. The van der Waals surface area contributed by atoms with Gasteiger partial charge >= 0.3 is 0 Å². The van der Waals surface area contributed by atoms with E-state index in [1.807, 2.05) is 7.05 Å². The standard InChI is InChI=1S/C8H20ClNSi/c1-5-6(2)8(11,10-4)7(3)9/h6-7,10H,5H2,1-4,11H3. The number of halogens is 1. The summed E-state index contributed by atoms with van der Waals surface area (Å²) in [5, 5.41) is 3.79. The summed E-state index contributed by atoms with van der Waals surface area (Å²) >= 11 is 6.13. The van der Waals surface area contributed by atoms with Crippen LogP contribution in [0.4, 0.5) is 0 Å². The fourth-order valence-corrected chi connectivity index (χ4v) is 1.99. The van der Waals surface area contributed by atoms with E-state index in [0.29, 0.717) is 5.92 Å². The third kappa shape index (κ3) is 2.46. The number of hydrogen-bond donors (Lipinski definition) is 1. The van der Waals surface area contributed by atoms with Crippen molar-refractivity contribution < 1.29 is 0 Å². The lowest BCUT2D eigenvalue weighted by atomic mass is 9.95. The van der Waals surface area contributed by atoms with Crippen molar-refractivity contribution >= 4 is 21.8 Å². The molecule has 0 aromatic heterocycles. The first kappa shape index (κ1) is 11.5. The number of rotatable bonds is 4. The molecule has 0 aliphatic carbocycles. The molecule has 68 valence electrons. The van der Waals surface area contributed by atoms with Crippen LogP contribution in [0.1, 0.15) is 27.2 Å². The van der Waals surface area contributed by atoms with Crippen molar-refractivity contribution in [1.82, 2.24) is 5.32 Å². The predicted molar refractivity (Wildman–Crippen MR) is 56.5 cm³/mol. The third-order valence-corrected chi connectivity index (χ3v) is 6.17. The summed E-state index contributed by atoms with van der Waals surface area (Å²) in [6.45, 7) is 6.56. The van der Waals surface area contributed by atoms with Gasteiger partial charge in [0, 0.05) is 20.8 Å². The van der Waals surface area contributed by atoms with E-state index in [9.17, 15) is 0 Å². The Morgan fingerprint density at radius 3 is 2.09 bits per heavy atom. The molecule has 0 bridgehead atoms. The van der Waals surface area contributed by atoms with Crippen molar-refractivity contribution in [2.24, 2.45) is 5.92 Å². The van der Waals surface area contributed by atoms with Crippen LogP contribution in [0.5, 0.6) is 0 Å². The molecule has 0 fully saturated rings. The number of alkyl halides is 1. The van der Waals surface area contributed by atoms with Gasteiger partial charge in [0.25, 0.3) is 0 Å². The fraction of sp³-hybridized carbons (Fsp3) is 1.00. The van der Waals surface area contributed by atoms with Crippen LogP contribution >= 0.6 is 11.6 Å². The molecule has 0 spiro atoms. The van der Waals surface area contributed by atoms with Crippen LogP contribution in [0.15, 0.2) is 0 Å². The van der Waals surface area contributed by atoms with Gasteiger partial charge in [-0.25, -0.2) is 0 Å². The minimum absolute atomic E-state index is 0.205. The lowest BCUT2D eigenvalue weighted by Gasteiger charge is -2.37. The second-order valence-corrected chi connectivity index (χ2v) is 5.77. The molecule has 0 saturated heterocycles. The summed E-state index contributed by atoms with van der Waals surface area (Å²) in [5.74, 6) is 0.673. The van der Waals surface area contributed by atoms with Crippen LogP contribution < -0.4 is 5.32 Å². The van der Waals surface area contributed by atoms with Crippen molar-refractivity contribution in [3.05, 3.63) is 0 Å². The Labute approximate surface area is 78.3 Å². The molecule has 0 aromatic carbocycles. The van der Waals surface area contributed by atoms with E-state index in [4.69, 9.17) is 11.6 Å². The zero-order valence-corrected chi connectivity index (χ0v) is 11.0. The van der Waals surface area contributed by atoms with Crippen molar-refractivity contribution in [1.29, 1.82) is 0 Å². The predicted octanol–water partition coefficient (Wildman–Crippen LogP) is 0.941. The van der Waals surface area contributed by atoms with E-state index in [-0.39, 0.29) is 10.5 Å². The molecule has 11 heavy (non-hydrogen) atoms. The summed E-state index contributed by atoms with van der Waals surface area (Å²) in [7, 11) is 3.12. The van der Waals surface area contributed by atoms with Gasteiger partial charge < -0.3 is 5.32 Å². The first-order valence-corrected chi connectivity index (χ1v) is 5.75. The van der Waals surface area contributed by atoms with Crippen LogP contribution in [-0.2, 0) is 0 Å². The molecule has 0 heterocycles. The highest BCUT2D eigenvalue weighted by molar-refractivity contribution is 6.28. The first-order valence-electron chi connectivity index (χ1n) is 4.32. The Morgan fingerprint density at radius 1 is 1.55 bits per heavy atom. The summed E-state index contributed by atoms with van der Waals surface area (Å²) in [5.41, 5.74) is 0. The van der Waals surface area contributed by atoms with E-state index in [1.54, 1.807) is 0 Å². The van der Waals surface area contributed by atoms with Gasteiger partial charge in [0.05, 0.1) is 0 Å². The Bertz CT molecular complexity index is 119. The topological polar surface area (TPSA) is 12.0 Å². The Hall–Kier alpha value is 0.467. The second-order valence-electron chi connectivity index (χ2n) is 3.46. The zero-order chi connectivity index (χ0) is 9.07. The molecule has 1 N–H and O–H groups in total. The smallest absolute Gasteiger partial charge is 0.0454 e. The maximum Gasteiger partial charge on any atom is 0.0454 e. The van der Waals surface area contributed by atoms with Gasteiger partial charge in [-0.2, -0.15) is 0 Å². The maximum atomic E-state index is 6.13. The van der Waals surface area contributed by atoms with Crippen LogP contribution in [-0.4, -0.2) is 27.8 Å². The molecule has 0 saturated carbocycles. The van der Waals surface area contributed by atoms with Crippen LogP contribution in [0, 0.1) is 5.92 Å². The molecule has 1 nitrogen and oxygen atoms in total. The van der Waals surface area contributed by atoms with Gasteiger partial charge in [-0.1, -0.05) is 20.3 Å². The molecule has 0 radical (unpaired) electrons. The molecule has 3 atom stereocenters. The Balaban J connectivity index is 4.32. The van der Waals surface area contributed by atoms with Crippen LogP contribution in [0.25, 0.3) is 0 Å². The summed E-state index contributed by atoms with van der Waals surface area (Å²) in [6, 6.07) is 0. The van der Waals surface area contributed by atoms with E-state index in [2.05, 4.69) is 26.1 Å². The number of nitrogens with one attached hydrogen (secondary N) is 1. The minimum Gasteiger partial charge on any atom is -0.316 e. The van der Waals surface area contributed by atoms with Gasteiger partial charge in [-0.05, 0) is 19.9 Å². The van der Waals surface area contributed by atoms with Gasteiger partial charge in [0.1, 0.15) is 0 Å². The maximum absolute atomic E-state index is 6.13. The molecule has 0 amide bonds. The largest absolute Gasteiger partial charge is 0.316 e. The molecule has 3 heteroatoms. The van der Waals surface area contributed by atoms with Crippen molar-refractivity contribution in [2.75, 3.05) is 7.05 Å². The van der Waals surface area contributed by atoms with E-state index < -0.39 is 0 Å². The van der Waals surface area contributed by atoms with Crippen molar-refractivity contribution in [3.8, 4) is 0 Å². The van der Waals surface area contributed by atoms with Crippen LogP contribution in [0.3, 0.4) is 0 Å². The monoisotopic (exact) mass is 193 g/mol. The quantitative estimate of drug-likeness (QED) is 0.518. The number of hydrogen-bond acceptors (Lipinski definition) is 1. The molecule has 0 aliphatic heterocycles. The average Bonchev–Trinajstić information content (AvgIpc) is 2.01. The molecule has 0 aromatic rings. The van der Waals surface area contributed by atoms with Gasteiger partial charge in [-0.3, -0.25) is 0 Å². The average molecular weight is 194 g/mol. The summed E-state index contributed by atoms with van der Waals surface area (Å²) in [6.07, 6.45) is 1.20. The van der Waals surface area contributed by atoms with Crippen molar-refractivity contribution in [2.45, 2.75) is 37.7 Å². The lowest BCUT2D eigenvalue weighted by Crippen LogP contribution is -2.55. The molecular formula is C8H20ClNSi. The molecular weight excluding hydrogens is 174 g/mol. The zero-order valence-electron chi connectivity index (χ0n) is 8.24.